The minimum absolute atomic E-state index is 0.317. The van der Waals surface area contributed by atoms with E-state index in [9.17, 15) is 8.42 Å². The second-order valence-electron chi connectivity index (χ2n) is 4.45. The number of aromatic nitrogens is 2. The molecule has 6 nitrogen and oxygen atoms in total. The van der Waals surface area contributed by atoms with Crippen molar-refractivity contribution in [3.05, 3.63) is 34.5 Å². The van der Waals surface area contributed by atoms with Gasteiger partial charge >= 0.3 is 0 Å². The summed E-state index contributed by atoms with van der Waals surface area (Å²) in [6.07, 6.45) is 3.30. The highest BCUT2D eigenvalue weighted by molar-refractivity contribution is 7.91. The number of nitrogens with zero attached hydrogens (tertiary/aromatic N) is 1. The number of hydrogen-bond donors (Lipinski definition) is 3. The largest absolute Gasteiger partial charge is 0.326 e. The molecule has 0 unspecified atom stereocenters. The highest BCUT2D eigenvalue weighted by Gasteiger charge is 2.15. The van der Waals surface area contributed by atoms with Crippen molar-refractivity contribution in [1.29, 1.82) is 0 Å². The van der Waals surface area contributed by atoms with Crippen LogP contribution in [0.5, 0.6) is 0 Å². The number of sulfonamides is 1. The van der Waals surface area contributed by atoms with E-state index in [-0.39, 0.29) is 0 Å². The predicted octanol–water partition coefficient (Wildman–Crippen LogP) is 1.15. The van der Waals surface area contributed by atoms with Gasteiger partial charge in [-0.25, -0.2) is 13.1 Å². The number of nitrogens with two attached hydrogens (primary N) is 1. The third-order valence-corrected chi connectivity index (χ3v) is 6.01. The van der Waals surface area contributed by atoms with Gasteiger partial charge in [0.15, 0.2) is 0 Å². The molecule has 20 heavy (non-hydrogen) atoms. The van der Waals surface area contributed by atoms with Crippen molar-refractivity contribution in [2.45, 2.75) is 30.5 Å². The van der Waals surface area contributed by atoms with Gasteiger partial charge in [0.1, 0.15) is 4.21 Å². The normalized spacial score (nSPS) is 11.9. The van der Waals surface area contributed by atoms with Crippen molar-refractivity contribution in [3.63, 3.8) is 0 Å². The summed E-state index contributed by atoms with van der Waals surface area (Å²) in [5.74, 6) is 0. The van der Waals surface area contributed by atoms with Crippen molar-refractivity contribution in [1.82, 2.24) is 14.9 Å². The van der Waals surface area contributed by atoms with Gasteiger partial charge in [-0.15, -0.1) is 11.3 Å². The monoisotopic (exact) mass is 314 g/mol. The van der Waals surface area contributed by atoms with Gasteiger partial charge in [-0.05, 0) is 37.5 Å². The maximum absolute atomic E-state index is 12.0. The van der Waals surface area contributed by atoms with Crippen LogP contribution in [0.15, 0.2) is 22.5 Å². The molecule has 2 heterocycles. The summed E-state index contributed by atoms with van der Waals surface area (Å²) in [6.45, 7) is 2.72. The third kappa shape index (κ3) is 3.66. The van der Waals surface area contributed by atoms with E-state index < -0.39 is 10.0 Å². The van der Waals surface area contributed by atoms with Crippen LogP contribution in [-0.4, -0.2) is 25.2 Å². The van der Waals surface area contributed by atoms with Crippen LogP contribution < -0.4 is 10.5 Å². The lowest BCUT2D eigenvalue weighted by molar-refractivity contribution is 0.581. The van der Waals surface area contributed by atoms with E-state index in [1.165, 1.54) is 11.3 Å². The molecule has 0 amide bonds. The molecule has 2 aromatic rings. The molecule has 0 spiro atoms. The van der Waals surface area contributed by atoms with E-state index >= 15 is 0 Å². The molecule has 4 N–H and O–H groups in total. The summed E-state index contributed by atoms with van der Waals surface area (Å²) in [7, 11) is -3.41. The summed E-state index contributed by atoms with van der Waals surface area (Å²) in [6, 6.07) is 3.34. The van der Waals surface area contributed by atoms with E-state index in [4.69, 9.17) is 5.73 Å². The molecule has 8 heteroatoms. The number of aryl methyl sites for hydroxylation is 2. The number of thiophene rings is 1. The zero-order chi connectivity index (χ0) is 14.6. The first-order chi connectivity index (χ1) is 9.53. The molecule has 0 atom stereocenters. The fourth-order valence-electron chi connectivity index (χ4n) is 1.80. The molecule has 2 rings (SSSR count). The van der Waals surface area contributed by atoms with Gasteiger partial charge in [-0.3, -0.25) is 5.10 Å². The van der Waals surface area contributed by atoms with E-state index in [0.29, 0.717) is 17.3 Å². The molecule has 0 aliphatic rings. The first kappa shape index (κ1) is 15.2. The average Bonchev–Trinajstić information content (AvgIpc) is 3.04. The maximum atomic E-state index is 12.0. The Morgan fingerprint density at radius 3 is 2.85 bits per heavy atom. The van der Waals surface area contributed by atoms with Gasteiger partial charge in [0.25, 0.3) is 0 Å². The lowest BCUT2D eigenvalue weighted by Gasteiger charge is -2.04. The molecule has 0 radical (unpaired) electrons. The Labute approximate surface area is 122 Å². The van der Waals surface area contributed by atoms with Gasteiger partial charge in [-0.2, -0.15) is 5.10 Å². The van der Waals surface area contributed by atoms with Crippen LogP contribution in [-0.2, 0) is 23.0 Å². The van der Waals surface area contributed by atoms with Crippen LogP contribution in [0, 0.1) is 6.92 Å². The standard InChI is InChI=1S/C12H18N4O2S2/c1-9-10(8-14-16-9)3-2-6-15-20(17,18)12-5-4-11(7-13)19-12/h4-5,8,15H,2-3,6-7,13H2,1H3,(H,14,16). The second-order valence-corrected chi connectivity index (χ2v) is 7.61. The topological polar surface area (TPSA) is 101 Å². The van der Waals surface area contributed by atoms with Crippen molar-refractivity contribution < 1.29 is 8.42 Å². The van der Waals surface area contributed by atoms with Crippen molar-refractivity contribution in [3.8, 4) is 0 Å². The van der Waals surface area contributed by atoms with Crippen LogP contribution in [0.3, 0.4) is 0 Å². The molecule has 2 aromatic heterocycles. The van der Waals surface area contributed by atoms with Crippen LogP contribution in [0.1, 0.15) is 22.6 Å². The molecule has 0 aliphatic heterocycles. The Kier molecular flexibility index (Phi) is 4.92. The van der Waals surface area contributed by atoms with Crippen LogP contribution >= 0.6 is 11.3 Å². The smallest absolute Gasteiger partial charge is 0.250 e. The molecule has 0 fully saturated rings. The average molecular weight is 314 g/mol. The minimum atomic E-state index is -3.41. The fraction of sp³-hybridized carbons (Fsp3) is 0.417. The molecular weight excluding hydrogens is 296 g/mol. The Morgan fingerprint density at radius 2 is 2.25 bits per heavy atom. The van der Waals surface area contributed by atoms with Gasteiger partial charge in [0, 0.05) is 23.7 Å². The number of hydrogen-bond acceptors (Lipinski definition) is 5. The highest BCUT2D eigenvalue weighted by Crippen LogP contribution is 2.20. The number of H-pyrrole nitrogens is 1. The Hall–Kier alpha value is -1.22. The number of rotatable bonds is 7. The van der Waals surface area contributed by atoms with E-state index in [1.54, 1.807) is 18.3 Å². The first-order valence-corrected chi connectivity index (χ1v) is 8.60. The van der Waals surface area contributed by atoms with Gasteiger partial charge < -0.3 is 5.73 Å². The highest BCUT2D eigenvalue weighted by atomic mass is 32.2. The minimum Gasteiger partial charge on any atom is -0.326 e. The second kappa shape index (κ2) is 6.49. The fourth-order valence-corrected chi connectivity index (χ4v) is 4.15. The Balaban J connectivity index is 1.85. The van der Waals surface area contributed by atoms with E-state index in [2.05, 4.69) is 14.9 Å². The van der Waals surface area contributed by atoms with Gasteiger partial charge in [0.2, 0.25) is 10.0 Å². The summed E-state index contributed by atoms with van der Waals surface area (Å²) in [4.78, 5) is 0.861. The maximum Gasteiger partial charge on any atom is 0.250 e. The van der Waals surface area contributed by atoms with E-state index in [1.807, 2.05) is 6.92 Å². The van der Waals surface area contributed by atoms with Crippen molar-refractivity contribution >= 4 is 21.4 Å². The SMILES string of the molecule is Cc1[nH]ncc1CCCNS(=O)(=O)c1ccc(CN)s1. The summed E-state index contributed by atoms with van der Waals surface area (Å²) >= 11 is 1.21. The molecule has 0 aliphatic carbocycles. The molecular formula is C12H18N4O2S2. The van der Waals surface area contributed by atoms with Gasteiger partial charge in [-0.1, -0.05) is 0 Å². The Bertz CT molecular complexity index is 661. The quantitative estimate of drug-likeness (QED) is 0.667. The van der Waals surface area contributed by atoms with Crippen LogP contribution in [0.25, 0.3) is 0 Å². The zero-order valence-corrected chi connectivity index (χ0v) is 12.9. The van der Waals surface area contributed by atoms with Crippen LogP contribution in [0.2, 0.25) is 0 Å². The zero-order valence-electron chi connectivity index (χ0n) is 11.2. The Morgan fingerprint density at radius 1 is 1.45 bits per heavy atom. The molecule has 0 saturated carbocycles. The van der Waals surface area contributed by atoms with E-state index in [0.717, 1.165) is 29.0 Å². The summed E-state index contributed by atoms with van der Waals surface area (Å²) < 4.78 is 27.0. The predicted molar refractivity (Wildman–Crippen MR) is 79.0 cm³/mol. The number of nitrogens with one attached hydrogen (secondary N) is 2. The van der Waals surface area contributed by atoms with Gasteiger partial charge in [0.05, 0.1) is 6.20 Å². The molecule has 0 aromatic carbocycles. The molecule has 0 saturated heterocycles. The molecule has 0 bridgehead atoms. The van der Waals surface area contributed by atoms with Crippen molar-refractivity contribution in [2.24, 2.45) is 5.73 Å². The van der Waals surface area contributed by atoms with Crippen molar-refractivity contribution in [2.75, 3.05) is 6.54 Å². The van der Waals surface area contributed by atoms with Crippen LogP contribution in [0.4, 0.5) is 0 Å². The third-order valence-electron chi connectivity index (χ3n) is 2.95. The number of aromatic amines is 1. The molecule has 110 valence electrons. The summed E-state index contributed by atoms with van der Waals surface area (Å²) in [5.41, 5.74) is 7.63. The lowest BCUT2D eigenvalue weighted by atomic mass is 10.1. The first-order valence-electron chi connectivity index (χ1n) is 6.30. The lowest BCUT2D eigenvalue weighted by Crippen LogP contribution is -2.24. The summed E-state index contributed by atoms with van der Waals surface area (Å²) in [5, 5.41) is 6.80.